The van der Waals surface area contributed by atoms with E-state index in [2.05, 4.69) is 17.4 Å². The molecule has 19 heavy (non-hydrogen) atoms. The van der Waals surface area contributed by atoms with Gasteiger partial charge < -0.3 is 19.9 Å². The van der Waals surface area contributed by atoms with Gasteiger partial charge in [0.05, 0.1) is 13.2 Å². The van der Waals surface area contributed by atoms with Gasteiger partial charge in [0.1, 0.15) is 5.75 Å². The van der Waals surface area contributed by atoms with Crippen molar-refractivity contribution >= 4 is 5.69 Å². The van der Waals surface area contributed by atoms with E-state index in [1.165, 1.54) is 5.56 Å². The number of methoxy groups -OCH3 is 1. The molecule has 1 aromatic rings. The van der Waals surface area contributed by atoms with E-state index in [9.17, 15) is 0 Å². The molecule has 0 spiro atoms. The average Bonchev–Trinajstić information content (AvgIpc) is 2.94. The summed E-state index contributed by atoms with van der Waals surface area (Å²) in [6.07, 6.45) is 3.10. The molecular weight excluding hydrogens is 242 g/mol. The molecule has 4 heteroatoms. The zero-order valence-electron chi connectivity index (χ0n) is 11.3. The Morgan fingerprint density at radius 2 is 2.37 bits per heavy atom. The molecule has 104 valence electrons. The van der Waals surface area contributed by atoms with Gasteiger partial charge in [0, 0.05) is 36.4 Å². The Morgan fingerprint density at radius 1 is 1.47 bits per heavy atom. The Labute approximate surface area is 113 Å². The second-order valence-corrected chi connectivity index (χ2v) is 5.31. The number of benzene rings is 1. The summed E-state index contributed by atoms with van der Waals surface area (Å²) < 4.78 is 11.2. The number of hydrogen-bond acceptors (Lipinski definition) is 4. The van der Waals surface area contributed by atoms with E-state index in [1.54, 1.807) is 7.11 Å². The van der Waals surface area contributed by atoms with Gasteiger partial charge >= 0.3 is 0 Å². The van der Waals surface area contributed by atoms with Gasteiger partial charge in [-0.15, -0.1) is 0 Å². The fourth-order valence-electron chi connectivity index (χ4n) is 3.28. The SMILES string of the molecule is COc1ccc2c(c1)[C@@H]1OCC[C@H]1[C@H](CCCO)N2. The summed E-state index contributed by atoms with van der Waals surface area (Å²) in [6, 6.07) is 6.52. The van der Waals surface area contributed by atoms with Gasteiger partial charge in [-0.3, -0.25) is 0 Å². The van der Waals surface area contributed by atoms with Gasteiger partial charge in [-0.05, 0) is 37.5 Å². The van der Waals surface area contributed by atoms with Crippen LogP contribution < -0.4 is 10.1 Å². The smallest absolute Gasteiger partial charge is 0.119 e. The Kier molecular flexibility index (Phi) is 3.62. The summed E-state index contributed by atoms with van der Waals surface area (Å²) in [5, 5.41) is 12.6. The minimum atomic E-state index is 0.176. The lowest BCUT2D eigenvalue weighted by Gasteiger charge is -2.36. The molecule has 3 atom stereocenters. The predicted molar refractivity (Wildman–Crippen MR) is 73.5 cm³/mol. The second-order valence-electron chi connectivity index (χ2n) is 5.31. The molecule has 2 heterocycles. The van der Waals surface area contributed by atoms with E-state index in [1.807, 2.05) is 6.07 Å². The number of aliphatic hydroxyl groups is 1. The Balaban J connectivity index is 1.89. The number of fused-ring (bicyclic) bond motifs is 3. The van der Waals surface area contributed by atoms with Crippen molar-refractivity contribution in [2.75, 3.05) is 25.6 Å². The lowest BCUT2D eigenvalue weighted by Crippen LogP contribution is -2.36. The minimum absolute atomic E-state index is 0.176. The first-order chi connectivity index (χ1) is 9.33. The van der Waals surface area contributed by atoms with Crippen LogP contribution in [-0.4, -0.2) is 31.5 Å². The molecule has 1 aromatic carbocycles. The number of nitrogens with one attached hydrogen (secondary N) is 1. The van der Waals surface area contributed by atoms with Crippen LogP contribution in [-0.2, 0) is 4.74 Å². The second kappa shape index (κ2) is 5.39. The molecule has 0 unspecified atom stereocenters. The summed E-state index contributed by atoms with van der Waals surface area (Å²) in [5.41, 5.74) is 2.36. The van der Waals surface area contributed by atoms with Gasteiger partial charge in [0.15, 0.2) is 0 Å². The number of hydrogen-bond donors (Lipinski definition) is 2. The fraction of sp³-hybridized carbons (Fsp3) is 0.600. The van der Waals surface area contributed by atoms with Crippen molar-refractivity contribution in [2.45, 2.75) is 31.4 Å². The third-order valence-electron chi connectivity index (χ3n) is 4.23. The molecule has 0 aliphatic carbocycles. The largest absolute Gasteiger partial charge is 0.497 e. The van der Waals surface area contributed by atoms with Crippen molar-refractivity contribution in [3.8, 4) is 5.75 Å². The maximum atomic E-state index is 9.03. The van der Waals surface area contributed by atoms with Crippen molar-refractivity contribution in [2.24, 2.45) is 5.92 Å². The van der Waals surface area contributed by atoms with Crippen LogP contribution >= 0.6 is 0 Å². The number of rotatable bonds is 4. The molecule has 0 radical (unpaired) electrons. The Morgan fingerprint density at radius 3 is 3.16 bits per heavy atom. The van der Waals surface area contributed by atoms with Crippen LogP contribution in [0, 0.1) is 5.92 Å². The zero-order valence-corrected chi connectivity index (χ0v) is 11.3. The molecule has 0 saturated carbocycles. The minimum Gasteiger partial charge on any atom is -0.497 e. The maximum Gasteiger partial charge on any atom is 0.119 e. The van der Waals surface area contributed by atoms with Crippen molar-refractivity contribution < 1.29 is 14.6 Å². The maximum absolute atomic E-state index is 9.03. The monoisotopic (exact) mass is 263 g/mol. The lowest BCUT2D eigenvalue weighted by molar-refractivity contribution is 0.0811. The predicted octanol–water partition coefficient (Wildman–Crippen LogP) is 2.34. The van der Waals surface area contributed by atoms with E-state index in [4.69, 9.17) is 14.6 Å². The molecule has 2 aliphatic heterocycles. The standard InChI is InChI=1S/C15H21NO3/c1-18-10-4-5-14-12(9-10)15-11(6-8-19-15)13(16-14)3-2-7-17/h4-5,9,11,13,15-17H,2-3,6-8H2,1H3/t11-,13-,15+/m0/s1. The summed E-state index contributed by atoms with van der Waals surface area (Å²) in [6.45, 7) is 1.08. The molecule has 4 nitrogen and oxygen atoms in total. The van der Waals surface area contributed by atoms with Crippen molar-refractivity contribution in [1.82, 2.24) is 0 Å². The van der Waals surface area contributed by atoms with E-state index < -0.39 is 0 Å². The highest BCUT2D eigenvalue weighted by Crippen LogP contribution is 2.46. The zero-order chi connectivity index (χ0) is 13.2. The van der Waals surface area contributed by atoms with Gasteiger partial charge in [-0.25, -0.2) is 0 Å². The molecule has 2 N–H and O–H groups in total. The van der Waals surface area contributed by atoms with Crippen molar-refractivity contribution in [1.29, 1.82) is 0 Å². The van der Waals surface area contributed by atoms with Crippen LogP contribution in [0.15, 0.2) is 18.2 Å². The lowest BCUT2D eigenvalue weighted by atomic mass is 9.82. The van der Waals surface area contributed by atoms with Crippen LogP contribution in [0.25, 0.3) is 0 Å². The molecule has 0 aromatic heterocycles. The summed E-state index contributed by atoms with van der Waals surface area (Å²) in [4.78, 5) is 0. The van der Waals surface area contributed by atoms with E-state index in [-0.39, 0.29) is 12.7 Å². The van der Waals surface area contributed by atoms with Crippen LogP contribution in [0.3, 0.4) is 0 Å². The molecular formula is C15H21NO3. The summed E-state index contributed by atoms with van der Waals surface area (Å²) in [5.74, 6) is 1.38. The molecule has 0 amide bonds. The van der Waals surface area contributed by atoms with Crippen molar-refractivity contribution in [3.05, 3.63) is 23.8 Å². The molecule has 1 saturated heterocycles. The van der Waals surface area contributed by atoms with Crippen LogP contribution in [0.4, 0.5) is 5.69 Å². The van der Waals surface area contributed by atoms with Gasteiger partial charge in [0.2, 0.25) is 0 Å². The van der Waals surface area contributed by atoms with Gasteiger partial charge in [-0.2, -0.15) is 0 Å². The Hall–Kier alpha value is -1.26. The molecule has 2 aliphatic rings. The number of anilines is 1. The third-order valence-corrected chi connectivity index (χ3v) is 4.23. The normalized spacial score (nSPS) is 28.4. The first kappa shape index (κ1) is 12.8. The summed E-state index contributed by atoms with van der Waals surface area (Å²) in [7, 11) is 1.69. The average molecular weight is 263 g/mol. The quantitative estimate of drug-likeness (QED) is 0.875. The number of ether oxygens (including phenoxy) is 2. The highest BCUT2D eigenvalue weighted by Gasteiger charge is 2.40. The topological polar surface area (TPSA) is 50.7 Å². The van der Waals surface area contributed by atoms with Crippen molar-refractivity contribution in [3.63, 3.8) is 0 Å². The highest BCUT2D eigenvalue weighted by molar-refractivity contribution is 5.58. The first-order valence-corrected chi connectivity index (χ1v) is 7.00. The van der Waals surface area contributed by atoms with Gasteiger partial charge in [0.25, 0.3) is 0 Å². The Bertz CT molecular complexity index is 449. The molecule has 3 rings (SSSR count). The summed E-state index contributed by atoms with van der Waals surface area (Å²) >= 11 is 0. The highest BCUT2D eigenvalue weighted by atomic mass is 16.5. The van der Waals surface area contributed by atoms with Crippen LogP contribution in [0.1, 0.15) is 30.9 Å². The number of aliphatic hydroxyl groups excluding tert-OH is 1. The van der Waals surface area contributed by atoms with Gasteiger partial charge in [-0.1, -0.05) is 0 Å². The first-order valence-electron chi connectivity index (χ1n) is 7.00. The fourth-order valence-corrected chi connectivity index (χ4v) is 3.28. The van der Waals surface area contributed by atoms with E-state index in [0.717, 1.165) is 37.3 Å². The van der Waals surface area contributed by atoms with Crippen LogP contribution in [0.5, 0.6) is 5.75 Å². The molecule has 0 bridgehead atoms. The molecule has 1 fully saturated rings. The third kappa shape index (κ3) is 2.30. The van der Waals surface area contributed by atoms with E-state index in [0.29, 0.717) is 12.0 Å². The van der Waals surface area contributed by atoms with Crippen LogP contribution in [0.2, 0.25) is 0 Å². The van der Waals surface area contributed by atoms with E-state index >= 15 is 0 Å².